The Morgan fingerprint density at radius 3 is 2.35 bits per heavy atom. The number of carboxylic acids is 1. The number of benzene rings is 2. The van der Waals surface area contributed by atoms with Crippen molar-refractivity contribution in [3.63, 3.8) is 0 Å². The molecule has 116 valence electrons. The second-order valence-electron chi connectivity index (χ2n) is 5.36. The van der Waals surface area contributed by atoms with Crippen molar-refractivity contribution in [2.24, 2.45) is 0 Å². The van der Waals surface area contributed by atoms with Gasteiger partial charge >= 0.3 is 5.97 Å². The molecule has 0 saturated carbocycles. The van der Waals surface area contributed by atoms with Crippen molar-refractivity contribution >= 4 is 23.1 Å². The van der Waals surface area contributed by atoms with E-state index in [1.165, 1.54) is 0 Å². The summed E-state index contributed by atoms with van der Waals surface area (Å²) in [7, 11) is 0. The number of hydrogen-bond acceptors (Lipinski definition) is 3. The van der Waals surface area contributed by atoms with Gasteiger partial charge < -0.3 is 15.1 Å². The highest BCUT2D eigenvalue weighted by Crippen LogP contribution is 2.31. The summed E-state index contributed by atoms with van der Waals surface area (Å²) >= 11 is 0. The van der Waals surface area contributed by atoms with Crippen LogP contribution in [0.4, 0.5) is 5.69 Å². The number of aliphatic carboxylic acids is 1. The van der Waals surface area contributed by atoms with Gasteiger partial charge in [0.25, 0.3) is 0 Å². The van der Waals surface area contributed by atoms with Crippen molar-refractivity contribution < 1.29 is 15.0 Å². The zero-order valence-electron chi connectivity index (χ0n) is 12.4. The Balaban J connectivity index is 1.84. The summed E-state index contributed by atoms with van der Waals surface area (Å²) in [6.45, 7) is 0.237. The van der Waals surface area contributed by atoms with E-state index < -0.39 is 5.97 Å². The maximum atomic E-state index is 10.7. The third-order valence-corrected chi connectivity index (χ3v) is 3.77. The number of anilines is 1. The number of rotatable bonds is 4. The van der Waals surface area contributed by atoms with Crippen molar-refractivity contribution in [2.45, 2.75) is 6.42 Å². The summed E-state index contributed by atoms with van der Waals surface area (Å²) in [4.78, 5) is 12.4. The SMILES string of the molecule is N=C1C(c2ccccc2)=C(O)CN1c1ccc(CC(=O)O)cc1. The molecule has 3 rings (SSSR count). The largest absolute Gasteiger partial charge is 0.510 e. The van der Waals surface area contributed by atoms with Crippen LogP contribution in [0.25, 0.3) is 5.57 Å². The maximum absolute atomic E-state index is 10.7. The molecule has 0 aromatic heterocycles. The van der Waals surface area contributed by atoms with Crippen LogP contribution in [0, 0.1) is 5.41 Å². The number of carboxylic acid groups (broad SMARTS) is 1. The summed E-state index contributed by atoms with van der Waals surface area (Å²) in [5, 5.41) is 27.4. The highest BCUT2D eigenvalue weighted by Gasteiger charge is 2.29. The Labute approximate surface area is 133 Å². The highest BCUT2D eigenvalue weighted by atomic mass is 16.4. The van der Waals surface area contributed by atoms with Crippen LogP contribution >= 0.6 is 0 Å². The number of amidine groups is 1. The van der Waals surface area contributed by atoms with Gasteiger partial charge in [-0.05, 0) is 23.3 Å². The monoisotopic (exact) mass is 308 g/mol. The molecule has 2 aromatic rings. The quantitative estimate of drug-likeness (QED) is 0.810. The van der Waals surface area contributed by atoms with Crippen molar-refractivity contribution in [1.29, 1.82) is 5.41 Å². The highest BCUT2D eigenvalue weighted by molar-refractivity contribution is 6.30. The van der Waals surface area contributed by atoms with Crippen LogP contribution in [0.5, 0.6) is 0 Å². The summed E-state index contributed by atoms with van der Waals surface area (Å²) in [5.41, 5.74) is 2.79. The molecule has 5 heteroatoms. The van der Waals surface area contributed by atoms with Gasteiger partial charge in [0, 0.05) is 5.69 Å². The van der Waals surface area contributed by atoms with Gasteiger partial charge in [-0.1, -0.05) is 42.5 Å². The summed E-state index contributed by atoms with van der Waals surface area (Å²) < 4.78 is 0. The normalized spacial score (nSPS) is 14.4. The minimum atomic E-state index is -0.877. The number of nitrogens with zero attached hydrogens (tertiary/aromatic N) is 1. The fourth-order valence-corrected chi connectivity index (χ4v) is 2.68. The molecule has 0 radical (unpaired) electrons. The van der Waals surface area contributed by atoms with Crippen molar-refractivity contribution in [3.8, 4) is 0 Å². The molecule has 3 N–H and O–H groups in total. The molecule has 1 aliphatic heterocycles. The first-order valence-electron chi connectivity index (χ1n) is 7.21. The molecule has 0 spiro atoms. The van der Waals surface area contributed by atoms with Crippen molar-refractivity contribution in [3.05, 3.63) is 71.5 Å². The van der Waals surface area contributed by atoms with E-state index in [-0.39, 0.29) is 24.6 Å². The molecule has 1 aliphatic rings. The van der Waals surface area contributed by atoms with Crippen LogP contribution in [0.1, 0.15) is 11.1 Å². The van der Waals surface area contributed by atoms with Crippen LogP contribution < -0.4 is 4.90 Å². The molecular formula is C18H16N2O3. The number of nitrogens with one attached hydrogen (secondary N) is 1. The van der Waals surface area contributed by atoms with Gasteiger partial charge in [-0.2, -0.15) is 0 Å². The number of hydrogen-bond donors (Lipinski definition) is 3. The van der Waals surface area contributed by atoms with Gasteiger partial charge in [0.2, 0.25) is 0 Å². The smallest absolute Gasteiger partial charge is 0.307 e. The first-order valence-corrected chi connectivity index (χ1v) is 7.21. The lowest BCUT2D eigenvalue weighted by Crippen LogP contribution is -2.26. The van der Waals surface area contributed by atoms with E-state index in [0.29, 0.717) is 11.1 Å². The van der Waals surface area contributed by atoms with E-state index in [9.17, 15) is 9.90 Å². The molecule has 0 fully saturated rings. The molecule has 1 heterocycles. The van der Waals surface area contributed by atoms with Gasteiger partial charge in [0.05, 0.1) is 18.5 Å². The van der Waals surface area contributed by atoms with Gasteiger partial charge in [0.15, 0.2) is 0 Å². The number of carbonyl (C=O) groups is 1. The van der Waals surface area contributed by atoms with E-state index in [0.717, 1.165) is 11.3 Å². The van der Waals surface area contributed by atoms with Gasteiger partial charge in [-0.15, -0.1) is 0 Å². The standard InChI is InChI=1S/C18H16N2O3/c19-18-17(13-4-2-1-3-5-13)15(21)11-20(18)14-8-6-12(7-9-14)10-16(22)23/h1-9,19,21H,10-11H2,(H,22,23). The van der Waals surface area contributed by atoms with Crippen LogP contribution in [0.2, 0.25) is 0 Å². The Morgan fingerprint density at radius 2 is 1.74 bits per heavy atom. The Bertz CT molecular complexity index is 780. The van der Waals surface area contributed by atoms with Crippen molar-refractivity contribution in [2.75, 3.05) is 11.4 Å². The predicted octanol–water partition coefficient (Wildman–Crippen LogP) is 3.08. The summed E-state index contributed by atoms with van der Waals surface area (Å²) in [6, 6.07) is 16.3. The average molecular weight is 308 g/mol. The number of aliphatic hydroxyl groups excluding tert-OH is 1. The predicted molar refractivity (Wildman–Crippen MR) is 88.8 cm³/mol. The van der Waals surface area contributed by atoms with Gasteiger partial charge in [0.1, 0.15) is 11.6 Å². The third-order valence-electron chi connectivity index (χ3n) is 3.77. The molecule has 0 amide bonds. The minimum absolute atomic E-state index is 0.0313. The fourth-order valence-electron chi connectivity index (χ4n) is 2.68. The Morgan fingerprint density at radius 1 is 1.09 bits per heavy atom. The molecule has 0 unspecified atom stereocenters. The second kappa shape index (κ2) is 5.96. The zero-order chi connectivity index (χ0) is 16.4. The van der Waals surface area contributed by atoms with Gasteiger partial charge in [-0.3, -0.25) is 10.2 Å². The molecule has 0 saturated heterocycles. The van der Waals surface area contributed by atoms with E-state index in [4.69, 9.17) is 10.5 Å². The molecular weight excluding hydrogens is 292 g/mol. The summed E-state index contributed by atoms with van der Waals surface area (Å²) in [5.74, 6) is -0.479. The average Bonchev–Trinajstić information content (AvgIpc) is 2.83. The molecule has 0 bridgehead atoms. The topological polar surface area (TPSA) is 84.6 Å². The van der Waals surface area contributed by atoms with E-state index >= 15 is 0 Å². The zero-order valence-corrected chi connectivity index (χ0v) is 12.4. The molecule has 0 aliphatic carbocycles. The second-order valence-corrected chi connectivity index (χ2v) is 5.36. The van der Waals surface area contributed by atoms with Gasteiger partial charge in [-0.25, -0.2) is 0 Å². The van der Waals surface area contributed by atoms with Crippen LogP contribution in [-0.4, -0.2) is 28.6 Å². The lowest BCUT2D eigenvalue weighted by molar-refractivity contribution is -0.136. The first kappa shape index (κ1) is 14.8. The number of aliphatic hydroxyl groups is 1. The van der Waals surface area contributed by atoms with E-state index in [1.54, 1.807) is 29.2 Å². The Kier molecular flexibility index (Phi) is 3.85. The van der Waals surface area contributed by atoms with Crippen molar-refractivity contribution in [1.82, 2.24) is 0 Å². The first-order chi connectivity index (χ1) is 11.1. The molecule has 5 nitrogen and oxygen atoms in total. The van der Waals surface area contributed by atoms with Crippen LogP contribution in [0.15, 0.2) is 60.4 Å². The third kappa shape index (κ3) is 2.94. The Hall–Kier alpha value is -3.08. The summed E-state index contributed by atoms with van der Waals surface area (Å²) in [6.07, 6.45) is -0.0313. The van der Waals surface area contributed by atoms with Crippen LogP contribution in [0.3, 0.4) is 0 Å². The van der Waals surface area contributed by atoms with E-state index in [2.05, 4.69) is 0 Å². The lowest BCUT2D eigenvalue weighted by atomic mass is 10.1. The molecule has 0 atom stereocenters. The minimum Gasteiger partial charge on any atom is -0.510 e. The van der Waals surface area contributed by atoms with Crippen LogP contribution in [-0.2, 0) is 11.2 Å². The fraction of sp³-hybridized carbons (Fsp3) is 0.111. The van der Waals surface area contributed by atoms with E-state index in [1.807, 2.05) is 30.3 Å². The molecule has 23 heavy (non-hydrogen) atoms. The molecule has 2 aromatic carbocycles. The maximum Gasteiger partial charge on any atom is 0.307 e. The lowest BCUT2D eigenvalue weighted by Gasteiger charge is -2.19.